The maximum atomic E-state index is 13.5. The smallest absolute Gasteiger partial charge is 0.254 e. The Morgan fingerprint density at radius 2 is 2.03 bits per heavy atom. The summed E-state index contributed by atoms with van der Waals surface area (Å²) < 4.78 is 12.6. The number of hydrogen-bond donors (Lipinski definition) is 0. The third-order valence-electron chi connectivity index (χ3n) is 5.20. The van der Waals surface area contributed by atoms with Crippen LogP contribution < -0.4 is 9.47 Å². The van der Waals surface area contributed by atoms with Crippen LogP contribution in [0.1, 0.15) is 28.3 Å². The van der Waals surface area contributed by atoms with E-state index >= 15 is 0 Å². The minimum Gasteiger partial charge on any atom is -0.493 e. The van der Waals surface area contributed by atoms with Gasteiger partial charge in [-0.2, -0.15) is 0 Å². The molecule has 0 aliphatic carbocycles. The molecule has 164 valence electrons. The fraction of sp³-hybridized carbons (Fsp3) is 0.227. The normalized spacial score (nSPS) is 11.8. The molecule has 0 N–H and O–H groups in total. The van der Waals surface area contributed by atoms with Crippen LogP contribution >= 0.6 is 11.3 Å². The Morgan fingerprint density at radius 3 is 2.69 bits per heavy atom. The van der Waals surface area contributed by atoms with Gasteiger partial charge in [-0.25, -0.2) is 9.67 Å². The highest BCUT2D eigenvalue weighted by Crippen LogP contribution is 2.39. The number of hydrogen-bond acceptors (Lipinski definition) is 8. The molecular formula is C22H22N6O3S. The van der Waals surface area contributed by atoms with E-state index in [1.165, 1.54) is 22.3 Å². The fourth-order valence-corrected chi connectivity index (χ4v) is 4.14. The van der Waals surface area contributed by atoms with Crippen molar-refractivity contribution in [3.05, 3.63) is 64.9 Å². The van der Waals surface area contributed by atoms with Crippen LogP contribution in [0.5, 0.6) is 11.5 Å². The van der Waals surface area contributed by atoms with Crippen LogP contribution in [0, 0.1) is 0 Å². The molecule has 4 rings (SSSR count). The van der Waals surface area contributed by atoms with Crippen molar-refractivity contribution in [2.75, 3.05) is 21.3 Å². The summed E-state index contributed by atoms with van der Waals surface area (Å²) in [5, 5.41) is 14.2. The molecule has 2 aromatic heterocycles. The van der Waals surface area contributed by atoms with Gasteiger partial charge in [-0.05, 0) is 47.2 Å². The van der Waals surface area contributed by atoms with E-state index in [0.717, 1.165) is 16.1 Å². The zero-order valence-corrected chi connectivity index (χ0v) is 18.9. The van der Waals surface area contributed by atoms with Crippen molar-refractivity contribution in [2.45, 2.75) is 13.0 Å². The second-order valence-electron chi connectivity index (χ2n) is 7.03. The first-order valence-corrected chi connectivity index (χ1v) is 10.7. The highest BCUT2D eigenvalue weighted by molar-refractivity contribution is 7.09. The molecule has 0 radical (unpaired) electrons. The van der Waals surface area contributed by atoms with E-state index in [1.807, 2.05) is 42.6 Å². The number of aromatic nitrogens is 5. The number of thiazole rings is 1. The van der Waals surface area contributed by atoms with E-state index in [1.54, 1.807) is 38.4 Å². The third kappa shape index (κ3) is 4.04. The number of rotatable bonds is 7. The molecule has 2 heterocycles. The molecular weight excluding hydrogens is 428 g/mol. The van der Waals surface area contributed by atoms with Crippen molar-refractivity contribution in [1.29, 1.82) is 0 Å². The van der Waals surface area contributed by atoms with E-state index in [0.29, 0.717) is 22.7 Å². The van der Waals surface area contributed by atoms with Gasteiger partial charge in [-0.3, -0.25) is 4.79 Å². The Balaban J connectivity index is 1.82. The van der Waals surface area contributed by atoms with Crippen LogP contribution in [-0.2, 0) is 0 Å². The molecule has 0 unspecified atom stereocenters. The Hall–Kier alpha value is -3.79. The average Bonchev–Trinajstić information content (AvgIpc) is 3.56. The van der Waals surface area contributed by atoms with Gasteiger partial charge >= 0.3 is 0 Å². The van der Waals surface area contributed by atoms with Gasteiger partial charge in [0.15, 0.2) is 11.5 Å². The van der Waals surface area contributed by atoms with E-state index in [9.17, 15) is 4.79 Å². The minimum absolute atomic E-state index is 0.147. The van der Waals surface area contributed by atoms with Crippen molar-refractivity contribution in [2.24, 2.45) is 0 Å². The zero-order chi connectivity index (χ0) is 22.7. The van der Waals surface area contributed by atoms with Crippen molar-refractivity contribution in [3.63, 3.8) is 0 Å². The predicted molar refractivity (Wildman–Crippen MR) is 120 cm³/mol. The third-order valence-corrected chi connectivity index (χ3v) is 6.15. The largest absolute Gasteiger partial charge is 0.493 e. The first-order chi connectivity index (χ1) is 15.5. The molecule has 1 atom stereocenters. The van der Waals surface area contributed by atoms with E-state index in [2.05, 4.69) is 20.5 Å². The summed E-state index contributed by atoms with van der Waals surface area (Å²) in [6.07, 6.45) is 3.22. The molecule has 9 nitrogen and oxygen atoms in total. The molecule has 0 fully saturated rings. The molecule has 2 aromatic carbocycles. The van der Waals surface area contributed by atoms with Gasteiger partial charge in [0.2, 0.25) is 0 Å². The number of methoxy groups -OCH3 is 2. The molecule has 10 heteroatoms. The van der Waals surface area contributed by atoms with Crippen LogP contribution in [0.15, 0.2) is 54.3 Å². The van der Waals surface area contributed by atoms with Crippen LogP contribution in [0.4, 0.5) is 0 Å². The van der Waals surface area contributed by atoms with Crippen molar-refractivity contribution in [1.82, 2.24) is 30.1 Å². The summed E-state index contributed by atoms with van der Waals surface area (Å²) in [7, 11) is 4.94. The summed E-state index contributed by atoms with van der Waals surface area (Å²) in [6.45, 7) is 1.95. The number of tetrazole rings is 1. The second kappa shape index (κ2) is 9.15. The Bertz CT molecular complexity index is 1210. The number of ether oxygens (including phenoxy) is 2. The van der Waals surface area contributed by atoms with E-state index in [4.69, 9.17) is 9.47 Å². The lowest BCUT2D eigenvalue weighted by Crippen LogP contribution is -2.29. The number of carbonyl (C=O) groups is 1. The topological polar surface area (TPSA) is 95.3 Å². The number of para-hydroxylation sites is 1. The fourth-order valence-electron chi connectivity index (χ4n) is 3.40. The summed E-state index contributed by atoms with van der Waals surface area (Å²) in [5.41, 5.74) is 2.69. The SMILES string of the molecule is COc1cccc(-c2cc(C(=O)N(C)[C@H](C)c3nccs3)cc(-n3cnnn3)c2)c1OC. The summed E-state index contributed by atoms with van der Waals surface area (Å²) >= 11 is 1.52. The maximum Gasteiger partial charge on any atom is 0.254 e. The van der Waals surface area contributed by atoms with Crippen LogP contribution in [0.2, 0.25) is 0 Å². The van der Waals surface area contributed by atoms with Crippen LogP contribution in [-0.4, -0.2) is 57.3 Å². The summed E-state index contributed by atoms with van der Waals surface area (Å²) in [5.74, 6) is 1.03. The average molecular weight is 451 g/mol. The quantitative estimate of drug-likeness (QED) is 0.424. The minimum atomic E-state index is -0.172. The monoisotopic (exact) mass is 450 g/mol. The number of nitrogens with zero attached hydrogens (tertiary/aromatic N) is 6. The van der Waals surface area contributed by atoms with Crippen LogP contribution in [0.25, 0.3) is 16.8 Å². The standard InChI is InChI=1S/C22H22N6O3S/c1-14(21-23-8-9-32-21)27(2)22(29)16-10-15(11-17(12-16)28-13-24-25-26-28)18-6-5-7-19(30-3)20(18)31-4/h5-14H,1-4H3/t14-/m1/s1. The summed E-state index contributed by atoms with van der Waals surface area (Å²) in [6, 6.07) is 10.9. The first kappa shape index (κ1) is 21.4. The second-order valence-corrected chi connectivity index (χ2v) is 7.95. The highest BCUT2D eigenvalue weighted by Gasteiger charge is 2.23. The van der Waals surface area contributed by atoms with Crippen LogP contribution in [0.3, 0.4) is 0 Å². The van der Waals surface area contributed by atoms with Gasteiger partial charge in [0.05, 0.1) is 25.9 Å². The molecule has 0 bridgehead atoms. The number of amides is 1. The Morgan fingerprint density at radius 1 is 1.19 bits per heavy atom. The molecule has 4 aromatic rings. The molecule has 0 aliphatic rings. The van der Waals surface area contributed by atoms with Gasteiger partial charge in [0.1, 0.15) is 11.3 Å². The Kier molecular flexibility index (Phi) is 6.13. The predicted octanol–water partition coefficient (Wildman–Crippen LogP) is 3.64. The van der Waals surface area contributed by atoms with Crippen molar-refractivity contribution < 1.29 is 14.3 Å². The van der Waals surface area contributed by atoms with Gasteiger partial charge in [-0.1, -0.05) is 12.1 Å². The first-order valence-electron chi connectivity index (χ1n) is 9.79. The lowest BCUT2D eigenvalue weighted by molar-refractivity contribution is 0.0742. The van der Waals surface area contributed by atoms with Crippen molar-refractivity contribution in [3.8, 4) is 28.3 Å². The molecule has 0 saturated heterocycles. The molecule has 32 heavy (non-hydrogen) atoms. The van der Waals surface area contributed by atoms with Gasteiger partial charge < -0.3 is 14.4 Å². The highest BCUT2D eigenvalue weighted by atomic mass is 32.1. The molecule has 0 spiro atoms. The number of benzene rings is 2. The zero-order valence-electron chi connectivity index (χ0n) is 18.1. The maximum absolute atomic E-state index is 13.5. The van der Waals surface area contributed by atoms with E-state index < -0.39 is 0 Å². The lowest BCUT2D eigenvalue weighted by atomic mass is 9.99. The van der Waals surface area contributed by atoms with Gasteiger partial charge in [0, 0.05) is 29.8 Å². The van der Waals surface area contributed by atoms with Gasteiger partial charge in [0.25, 0.3) is 5.91 Å². The van der Waals surface area contributed by atoms with Gasteiger partial charge in [-0.15, -0.1) is 16.4 Å². The summed E-state index contributed by atoms with van der Waals surface area (Å²) in [4.78, 5) is 19.5. The molecule has 0 saturated carbocycles. The molecule has 1 amide bonds. The number of carbonyl (C=O) groups excluding carboxylic acids is 1. The lowest BCUT2D eigenvalue weighted by Gasteiger charge is -2.24. The Labute approximate surface area is 189 Å². The van der Waals surface area contributed by atoms with Crippen molar-refractivity contribution >= 4 is 17.2 Å². The van der Waals surface area contributed by atoms with E-state index in [-0.39, 0.29) is 11.9 Å². The molecule has 0 aliphatic heterocycles.